The lowest BCUT2D eigenvalue weighted by atomic mass is 10.0. The van der Waals surface area contributed by atoms with Crippen molar-refractivity contribution in [3.8, 4) is 0 Å². The topological polar surface area (TPSA) is 111 Å². The minimum absolute atomic E-state index is 0.0339. The monoisotopic (exact) mass is 956 g/mol. The van der Waals surface area contributed by atoms with Crippen LogP contribution in [0.25, 0.3) is 0 Å². The third kappa shape index (κ3) is 52.2. The molecular weight excluding hydrogens is 858 g/mol. The second-order valence-corrected chi connectivity index (χ2v) is 19.9. The van der Waals surface area contributed by atoms with Crippen molar-refractivity contribution >= 4 is 19.8 Å². The number of ether oxygens (including phenoxy) is 2. The summed E-state index contributed by atoms with van der Waals surface area (Å²) in [7, 11) is 1.16. The summed E-state index contributed by atoms with van der Waals surface area (Å²) in [5.74, 6) is -0.850. The molecule has 0 fully saturated rings. The number of carbonyl (C=O) groups excluding carboxylic acids is 2. The van der Waals surface area contributed by atoms with E-state index < -0.39 is 32.5 Å². The zero-order chi connectivity index (χ0) is 49.2. The van der Waals surface area contributed by atoms with E-state index in [1.165, 1.54) is 64.2 Å². The molecule has 0 amide bonds. The molecule has 0 saturated heterocycles. The van der Waals surface area contributed by atoms with E-state index in [2.05, 4.69) is 111 Å². The lowest BCUT2D eigenvalue weighted by molar-refractivity contribution is -0.870. The van der Waals surface area contributed by atoms with E-state index in [1.807, 2.05) is 21.1 Å². The average Bonchev–Trinajstić information content (AvgIpc) is 3.29. The first-order chi connectivity index (χ1) is 32.5. The largest absolute Gasteiger partial charge is 0.756 e. The molecule has 67 heavy (non-hydrogen) atoms. The van der Waals surface area contributed by atoms with E-state index in [0.717, 1.165) is 103 Å². The first kappa shape index (κ1) is 63.9. The average molecular weight is 956 g/mol. The lowest BCUT2D eigenvalue weighted by Crippen LogP contribution is -2.37. The molecule has 2 unspecified atom stereocenters. The van der Waals surface area contributed by atoms with Gasteiger partial charge >= 0.3 is 11.9 Å². The Balaban J connectivity index is 3.96. The van der Waals surface area contributed by atoms with Crippen molar-refractivity contribution in [2.45, 2.75) is 206 Å². The van der Waals surface area contributed by atoms with Crippen LogP contribution in [0.3, 0.4) is 0 Å². The van der Waals surface area contributed by atoms with E-state index in [9.17, 15) is 19.0 Å². The number of quaternary nitrogens is 1. The Bertz CT molecular complexity index is 1450. The summed E-state index contributed by atoms with van der Waals surface area (Å²) < 4.78 is 33.8. The Morgan fingerprint density at radius 3 is 1.27 bits per heavy atom. The fourth-order valence-corrected chi connectivity index (χ4v) is 7.52. The van der Waals surface area contributed by atoms with Crippen LogP contribution in [-0.2, 0) is 32.7 Å². The number of phosphoric ester groups is 1. The number of allylic oxidation sites excluding steroid dienone is 16. The van der Waals surface area contributed by atoms with Gasteiger partial charge in [-0.05, 0) is 77.0 Å². The second kappa shape index (κ2) is 48.0. The molecule has 0 radical (unpaired) electrons. The van der Waals surface area contributed by atoms with Gasteiger partial charge in [0, 0.05) is 12.8 Å². The molecule has 9 nitrogen and oxygen atoms in total. The number of hydrogen-bond donors (Lipinski definition) is 0. The molecule has 0 aromatic rings. The molecule has 0 N–H and O–H groups in total. The quantitative estimate of drug-likeness (QED) is 0.0195. The van der Waals surface area contributed by atoms with Crippen LogP contribution in [0.4, 0.5) is 0 Å². The molecule has 0 aliphatic rings. The van der Waals surface area contributed by atoms with Crippen LogP contribution in [0.1, 0.15) is 200 Å². The third-order valence-electron chi connectivity index (χ3n) is 10.9. The molecule has 0 aliphatic heterocycles. The minimum Gasteiger partial charge on any atom is -0.756 e. The van der Waals surface area contributed by atoms with Crippen LogP contribution in [0, 0.1) is 0 Å². The molecular formula is C57H98NO8P. The van der Waals surface area contributed by atoms with Crippen LogP contribution in [0.2, 0.25) is 0 Å². The zero-order valence-corrected chi connectivity index (χ0v) is 44.2. The summed E-state index contributed by atoms with van der Waals surface area (Å²) in [4.78, 5) is 37.4. The highest BCUT2D eigenvalue weighted by Gasteiger charge is 2.21. The summed E-state index contributed by atoms with van der Waals surface area (Å²) in [6.07, 6.45) is 65.0. The van der Waals surface area contributed by atoms with E-state index in [1.54, 1.807) is 0 Å². The predicted octanol–water partition coefficient (Wildman–Crippen LogP) is 15.5. The van der Waals surface area contributed by atoms with Crippen molar-refractivity contribution in [2.24, 2.45) is 0 Å². The van der Waals surface area contributed by atoms with Gasteiger partial charge in [-0.2, -0.15) is 0 Å². The van der Waals surface area contributed by atoms with Crippen LogP contribution < -0.4 is 4.89 Å². The molecule has 0 heterocycles. The number of phosphoric acid groups is 1. The SMILES string of the molecule is CC/C=C\C/C=C\C/C=C\C/C=C\C/C=C\C/C=C\C/C=C\C/C=C\CCCCCCCCCCCCCCC(=O)OC(COC(=O)CCCCCCCC)COP(=O)([O-])OCC[N+](C)(C)C. The molecule has 2 atom stereocenters. The number of likely N-dealkylation sites (N-methyl/N-ethyl adjacent to an activating group) is 1. The first-order valence-corrected chi connectivity index (χ1v) is 27.9. The number of carbonyl (C=O) groups is 2. The molecule has 0 bridgehead atoms. The first-order valence-electron chi connectivity index (χ1n) is 26.4. The summed E-state index contributed by atoms with van der Waals surface area (Å²) >= 11 is 0. The molecule has 0 aliphatic carbocycles. The predicted molar refractivity (Wildman–Crippen MR) is 282 cm³/mol. The van der Waals surface area contributed by atoms with E-state index in [4.69, 9.17) is 18.5 Å². The van der Waals surface area contributed by atoms with Gasteiger partial charge in [-0.1, -0.05) is 207 Å². The summed E-state index contributed by atoms with van der Waals surface area (Å²) in [6, 6.07) is 0. The summed E-state index contributed by atoms with van der Waals surface area (Å²) in [5.41, 5.74) is 0. The van der Waals surface area contributed by atoms with E-state index in [0.29, 0.717) is 17.4 Å². The number of rotatable bonds is 47. The van der Waals surface area contributed by atoms with Gasteiger partial charge in [-0.3, -0.25) is 14.2 Å². The van der Waals surface area contributed by atoms with Crippen molar-refractivity contribution < 1.29 is 42.1 Å². The summed E-state index contributed by atoms with van der Waals surface area (Å²) in [6.45, 7) is 4.03. The molecule has 0 spiro atoms. The van der Waals surface area contributed by atoms with Crippen LogP contribution in [0.5, 0.6) is 0 Å². The van der Waals surface area contributed by atoms with Gasteiger partial charge < -0.3 is 27.9 Å². The fraction of sp³-hybridized carbons (Fsp3) is 0.684. The van der Waals surface area contributed by atoms with E-state index in [-0.39, 0.29) is 26.1 Å². The zero-order valence-electron chi connectivity index (χ0n) is 43.3. The number of nitrogens with zero attached hydrogens (tertiary/aromatic N) is 1. The fourth-order valence-electron chi connectivity index (χ4n) is 6.79. The van der Waals surface area contributed by atoms with Crippen molar-refractivity contribution in [1.82, 2.24) is 0 Å². The van der Waals surface area contributed by atoms with Crippen molar-refractivity contribution in [2.75, 3.05) is 47.5 Å². The van der Waals surface area contributed by atoms with Crippen LogP contribution in [0.15, 0.2) is 97.2 Å². The van der Waals surface area contributed by atoms with Crippen molar-refractivity contribution in [1.29, 1.82) is 0 Å². The smallest absolute Gasteiger partial charge is 0.306 e. The maximum Gasteiger partial charge on any atom is 0.306 e. The Morgan fingerprint density at radius 2 is 0.851 bits per heavy atom. The molecule has 0 saturated carbocycles. The normalized spacial score (nSPS) is 14.2. The minimum atomic E-state index is -4.62. The second-order valence-electron chi connectivity index (χ2n) is 18.5. The van der Waals surface area contributed by atoms with Gasteiger partial charge in [-0.25, -0.2) is 0 Å². The number of unbranched alkanes of at least 4 members (excludes halogenated alkanes) is 17. The summed E-state index contributed by atoms with van der Waals surface area (Å²) in [5, 5.41) is 0. The molecule has 384 valence electrons. The number of esters is 2. The Morgan fingerprint density at radius 1 is 0.478 bits per heavy atom. The van der Waals surface area contributed by atoms with E-state index >= 15 is 0 Å². The van der Waals surface area contributed by atoms with Crippen molar-refractivity contribution in [3.63, 3.8) is 0 Å². The third-order valence-corrected chi connectivity index (χ3v) is 11.8. The lowest BCUT2D eigenvalue weighted by Gasteiger charge is -2.28. The molecule has 0 rings (SSSR count). The molecule has 0 aromatic heterocycles. The van der Waals surface area contributed by atoms with Gasteiger partial charge in [0.2, 0.25) is 0 Å². The van der Waals surface area contributed by atoms with Crippen LogP contribution in [-0.4, -0.2) is 70.0 Å². The maximum absolute atomic E-state index is 12.7. The van der Waals surface area contributed by atoms with Gasteiger partial charge in [-0.15, -0.1) is 0 Å². The molecule has 10 heteroatoms. The van der Waals surface area contributed by atoms with Gasteiger partial charge in [0.1, 0.15) is 19.8 Å². The maximum atomic E-state index is 12.7. The van der Waals surface area contributed by atoms with Crippen LogP contribution >= 0.6 is 7.82 Å². The highest BCUT2D eigenvalue weighted by atomic mass is 31.2. The standard InChI is InChI=1S/C57H98NO8P/c1-6-8-10-12-14-15-16-17-18-19-20-21-22-23-24-25-26-27-28-29-30-31-32-33-34-35-36-37-38-39-40-41-42-43-44-46-48-50-57(60)66-55(53-63-56(59)49-47-45-13-11-9-7-2)54-65-67(61,62)64-52-51-58(3,4)5/h8,10,14-15,17-18,20-21,23-24,26-27,29-30,32-33,55H,6-7,9,11-13,16,19,22,25,28,31,34-54H2,1-5H3/b10-8-,15-14-,18-17-,21-20-,24-23-,27-26-,30-29-,33-32-. The Labute approximate surface area is 411 Å². The number of hydrogen-bond acceptors (Lipinski definition) is 8. The Kier molecular flexibility index (Phi) is 45.8. The van der Waals surface area contributed by atoms with Gasteiger partial charge in [0.05, 0.1) is 27.7 Å². The Hall–Kier alpha value is -3.07. The van der Waals surface area contributed by atoms with Gasteiger partial charge in [0.15, 0.2) is 6.10 Å². The van der Waals surface area contributed by atoms with Gasteiger partial charge in [0.25, 0.3) is 7.82 Å². The highest BCUT2D eigenvalue weighted by molar-refractivity contribution is 7.45. The van der Waals surface area contributed by atoms with Crippen molar-refractivity contribution in [3.05, 3.63) is 97.2 Å². The highest BCUT2D eigenvalue weighted by Crippen LogP contribution is 2.38. The molecule has 0 aromatic carbocycles.